The minimum atomic E-state index is -0.961. The fourth-order valence-electron chi connectivity index (χ4n) is 1.61. The average molecular weight is 202 g/mol. The molecule has 1 aromatic carbocycles. The Hall–Kier alpha value is -2.03. The lowest BCUT2D eigenvalue weighted by Crippen LogP contribution is -1.98. The maximum absolute atomic E-state index is 11.1. The summed E-state index contributed by atoms with van der Waals surface area (Å²) in [6.45, 7) is 3.57. The molecule has 0 radical (unpaired) electrons. The van der Waals surface area contributed by atoms with Gasteiger partial charge in [-0.15, -0.1) is 6.58 Å². The lowest BCUT2D eigenvalue weighted by molar-refractivity contribution is 0.0696. The molecule has 0 saturated heterocycles. The molecular formula is C12H10O3. The molecule has 1 N–H and O–H groups in total. The lowest BCUT2D eigenvalue weighted by Gasteiger charge is -1.92. The van der Waals surface area contributed by atoms with Crippen molar-refractivity contribution in [3.8, 4) is 0 Å². The van der Waals surface area contributed by atoms with Crippen molar-refractivity contribution in [2.24, 2.45) is 0 Å². The van der Waals surface area contributed by atoms with Crippen LogP contribution in [-0.2, 0) is 6.42 Å². The van der Waals surface area contributed by atoms with Crippen molar-refractivity contribution in [2.45, 2.75) is 6.42 Å². The van der Waals surface area contributed by atoms with Crippen molar-refractivity contribution >= 4 is 16.9 Å². The Bertz CT molecular complexity index is 523. The molecule has 3 nitrogen and oxygen atoms in total. The van der Waals surface area contributed by atoms with Crippen molar-refractivity contribution in [1.29, 1.82) is 0 Å². The van der Waals surface area contributed by atoms with E-state index in [2.05, 4.69) is 6.58 Å². The highest BCUT2D eigenvalue weighted by Gasteiger charge is 2.18. The number of carbonyl (C=O) groups is 1. The summed E-state index contributed by atoms with van der Waals surface area (Å²) in [6, 6.07) is 7.11. The summed E-state index contributed by atoms with van der Waals surface area (Å²) in [5.41, 5.74) is 0.845. The van der Waals surface area contributed by atoms with E-state index in [4.69, 9.17) is 9.52 Å². The number of hydrogen-bond donors (Lipinski definition) is 1. The minimum Gasteiger partial charge on any atom is -0.478 e. The molecule has 76 valence electrons. The first-order valence-electron chi connectivity index (χ1n) is 4.58. The highest BCUT2D eigenvalue weighted by atomic mass is 16.4. The lowest BCUT2D eigenvalue weighted by atomic mass is 10.1. The predicted molar refractivity (Wildman–Crippen MR) is 57.1 cm³/mol. The van der Waals surface area contributed by atoms with Crippen LogP contribution in [0.25, 0.3) is 11.0 Å². The fourth-order valence-corrected chi connectivity index (χ4v) is 1.61. The van der Waals surface area contributed by atoms with E-state index in [1.165, 1.54) is 0 Å². The van der Waals surface area contributed by atoms with Crippen LogP contribution in [0.1, 0.15) is 16.1 Å². The van der Waals surface area contributed by atoms with Gasteiger partial charge >= 0.3 is 5.97 Å². The number of furan rings is 1. The van der Waals surface area contributed by atoms with Gasteiger partial charge in [0.15, 0.2) is 0 Å². The Labute approximate surface area is 86.6 Å². The van der Waals surface area contributed by atoms with Gasteiger partial charge in [0.1, 0.15) is 16.9 Å². The van der Waals surface area contributed by atoms with Gasteiger partial charge in [0.05, 0.1) is 0 Å². The zero-order chi connectivity index (χ0) is 10.8. The zero-order valence-electron chi connectivity index (χ0n) is 8.06. The van der Waals surface area contributed by atoms with Gasteiger partial charge in [-0.1, -0.05) is 24.3 Å². The Morgan fingerprint density at radius 1 is 1.47 bits per heavy atom. The average Bonchev–Trinajstić information content (AvgIpc) is 2.56. The Morgan fingerprint density at radius 2 is 2.20 bits per heavy atom. The van der Waals surface area contributed by atoms with Crippen molar-refractivity contribution < 1.29 is 14.3 Å². The van der Waals surface area contributed by atoms with E-state index >= 15 is 0 Å². The smallest absolute Gasteiger partial charge is 0.339 e. The second kappa shape index (κ2) is 3.61. The number of para-hydroxylation sites is 1. The molecule has 0 spiro atoms. The largest absolute Gasteiger partial charge is 0.478 e. The van der Waals surface area contributed by atoms with Crippen molar-refractivity contribution in [3.63, 3.8) is 0 Å². The Balaban J connectivity index is 2.74. The summed E-state index contributed by atoms with van der Waals surface area (Å²) in [5, 5.41) is 9.73. The van der Waals surface area contributed by atoms with E-state index in [1.807, 2.05) is 6.07 Å². The molecule has 0 saturated carbocycles. The van der Waals surface area contributed by atoms with Gasteiger partial charge in [0.25, 0.3) is 0 Å². The standard InChI is InChI=1S/C12H10O3/c1-2-5-10-11(12(13)14)8-6-3-4-7-9(8)15-10/h2-4,6-7H,1,5H2,(H,13,14). The summed E-state index contributed by atoms with van der Waals surface area (Å²) < 4.78 is 5.45. The minimum absolute atomic E-state index is 0.241. The molecule has 2 aromatic rings. The van der Waals surface area contributed by atoms with Crippen LogP contribution in [-0.4, -0.2) is 11.1 Å². The third-order valence-corrected chi connectivity index (χ3v) is 2.21. The van der Waals surface area contributed by atoms with Crippen LogP contribution in [0, 0.1) is 0 Å². The summed E-state index contributed by atoms with van der Waals surface area (Å²) in [7, 11) is 0. The SMILES string of the molecule is C=CCc1oc2ccccc2c1C(=O)O. The van der Waals surface area contributed by atoms with E-state index in [1.54, 1.807) is 24.3 Å². The van der Waals surface area contributed by atoms with Gasteiger partial charge in [-0.05, 0) is 6.07 Å². The monoisotopic (exact) mass is 202 g/mol. The van der Waals surface area contributed by atoms with Gasteiger partial charge in [-0.25, -0.2) is 4.79 Å². The van der Waals surface area contributed by atoms with E-state index in [-0.39, 0.29) is 5.56 Å². The second-order valence-corrected chi connectivity index (χ2v) is 3.19. The molecule has 1 heterocycles. The summed E-state index contributed by atoms with van der Waals surface area (Å²) in [5.74, 6) is -0.504. The van der Waals surface area contributed by atoms with Crippen molar-refractivity contribution in [3.05, 3.63) is 48.2 Å². The summed E-state index contributed by atoms with van der Waals surface area (Å²) in [4.78, 5) is 11.1. The predicted octanol–water partition coefficient (Wildman–Crippen LogP) is 2.86. The molecule has 0 aliphatic heterocycles. The summed E-state index contributed by atoms with van der Waals surface area (Å²) in [6.07, 6.45) is 2.06. The van der Waals surface area contributed by atoms with Gasteiger partial charge in [0, 0.05) is 11.8 Å². The van der Waals surface area contributed by atoms with E-state index in [0.29, 0.717) is 23.2 Å². The number of rotatable bonds is 3. The zero-order valence-corrected chi connectivity index (χ0v) is 8.06. The highest BCUT2D eigenvalue weighted by molar-refractivity contribution is 6.03. The number of carboxylic acids is 1. The molecule has 0 fully saturated rings. The van der Waals surface area contributed by atoms with E-state index < -0.39 is 5.97 Å². The Morgan fingerprint density at radius 3 is 2.87 bits per heavy atom. The first-order valence-corrected chi connectivity index (χ1v) is 4.58. The number of carboxylic acid groups (broad SMARTS) is 1. The number of hydrogen-bond acceptors (Lipinski definition) is 2. The van der Waals surface area contributed by atoms with Crippen LogP contribution in [0.2, 0.25) is 0 Å². The summed E-state index contributed by atoms with van der Waals surface area (Å²) >= 11 is 0. The van der Waals surface area contributed by atoms with Crippen molar-refractivity contribution in [1.82, 2.24) is 0 Å². The highest BCUT2D eigenvalue weighted by Crippen LogP contribution is 2.26. The van der Waals surface area contributed by atoms with E-state index in [9.17, 15) is 4.79 Å². The maximum atomic E-state index is 11.1. The molecule has 0 atom stereocenters. The molecule has 2 rings (SSSR count). The molecule has 0 aliphatic rings. The number of benzene rings is 1. The number of fused-ring (bicyclic) bond motifs is 1. The molecule has 15 heavy (non-hydrogen) atoms. The molecule has 0 aliphatic carbocycles. The second-order valence-electron chi connectivity index (χ2n) is 3.19. The van der Waals surface area contributed by atoms with Gasteiger partial charge < -0.3 is 9.52 Å². The fraction of sp³-hybridized carbons (Fsp3) is 0.0833. The van der Waals surface area contributed by atoms with Gasteiger partial charge in [-0.3, -0.25) is 0 Å². The van der Waals surface area contributed by atoms with Crippen molar-refractivity contribution in [2.75, 3.05) is 0 Å². The molecule has 0 unspecified atom stereocenters. The van der Waals surface area contributed by atoms with Crippen LogP contribution in [0.3, 0.4) is 0 Å². The van der Waals surface area contributed by atoms with Crippen LogP contribution >= 0.6 is 0 Å². The molecular weight excluding hydrogens is 192 g/mol. The van der Waals surface area contributed by atoms with Gasteiger partial charge in [-0.2, -0.15) is 0 Å². The normalized spacial score (nSPS) is 10.4. The quantitative estimate of drug-likeness (QED) is 0.778. The Kier molecular flexibility index (Phi) is 2.29. The third kappa shape index (κ3) is 1.52. The molecule has 0 amide bonds. The van der Waals surface area contributed by atoms with Gasteiger partial charge in [0.2, 0.25) is 0 Å². The van der Waals surface area contributed by atoms with Crippen LogP contribution in [0.4, 0.5) is 0 Å². The maximum Gasteiger partial charge on any atom is 0.339 e. The molecule has 3 heteroatoms. The number of allylic oxidation sites excluding steroid dienone is 1. The third-order valence-electron chi connectivity index (χ3n) is 2.21. The topological polar surface area (TPSA) is 50.4 Å². The first-order chi connectivity index (χ1) is 7.24. The molecule has 0 bridgehead atoms. The molecule has 1 aromatic heterocycles. The first kappa shape index (κ1) is 9.52. The van der Waals surface area contributed by atoms with Crippen LogP contribution < -0.4 is 0 Å². The van der Waals surface area contributed by atoms with Crippen LogP contribution in [0.5, 0.6) is 0 Å². The van der Waals surface area contributed by atoms with Crippen LogP contribution in [0.15, 0.2) is 41.3 Å². The number of aromatic carboxylic acids is 1. The van der Waals surface area contributed by atoms with E-state index in [0.717, 1.165) is 0 Å².